The second kappa shape index (κ2) is 9.89. The molecule has 0 radical (unpaired) electrons. The van der Waals surface area contributed by atoms with Gasteiger partial charge in [0.1, 0.15) is 0 Å². The van der Waals surface area contributed by atoms with Gasteiger partial charge in [0.15, 0.2) is 9.84 Å². The van der Waals surface area contributed by atoms with Crippen molar-refractivity contribution < 1.29 is 8.42 Å². The van der Waals surface area contributed by atoms with Crippen molar-refractivity contribution in [1.29, 1.82) is 0 Å². The quantitative estimate of drug-likeness (QED) is 0.583. The van der Waals surface area contributed by atoms with Gasteiger partial charge in [-0.2, -0.15) is 0 Å². The van der Waals surface area contributed by atoms with Gasteiger partial charge in [0.05, 0.1) is 11.5 Å². The van der Waals surface area contributed by atoms with E-state index < -0.39 is 9.84 Å². The van der Waals surface area contributed by atoms with Crippen LogP contribution in [0.4, 0.5) is 0 Å². The molecule has 0 aromatic rings. The van der Waals surface area contributed by atoms with Crippen LogP contribution in [0.3, 0.4) is 0 Å². The van der Waals surface area contributed by atoms with Crippen LogP contribution < -0.4 is 5.73 Å². The van der Waals surface area contributed by atoms with Gasteiger partial charge < -0.3 is 5.73 Å². The number of rotatable bonds is 11. The molecule has 0 amide bonds. The topological polar surface area (TPSA) is 60.2 Å². The number of sulfone groups is 1. The van der Waals surface area contributed by atoms with E-state index in [-0.39, 0.29) is 11.8 Å². The van der Waals surface area contributed by atoms with Crippen molar-refractivity contribution in [3.8, 4) is 0 Å². The Labute approximate surface area is 107 Å². The fourth-order valence-electron chi connectivity index (χ4n) is 1.94. The molecule has 2 N–H and O–H groups in total. The molecule has 0 aliphatic heterocycles. The van der Waals surface area contributed by atoms with Crippen LogP contribution in [-0.4, -0.2) is 26.0 Å². The summed E-state index contributed by atoms with van der Waals surface area (Å²) >= 11 is 0. The molecule has 0 saturated carbocycles. The molecular weight excluding hydrogens is 234 g/mol. The predicted octanol–water partition coefficient (Wildman–Crippen LogP) is 2.89. The zero-order chi connectivity index (χ0) is 13.1. The van der Waals surface area contributed by atoms with E-state index in [0.29, 0.717) is 5.75 Å². The van der Waals surface area contributed by atoms with Crippen LogP contribution in [0.1, 0.15) is 65.2 Å². The molecule has 0 aromatic carbocycles. The van der Waals surface area contributed by atoms with Crippen LogP contribution in [0.5, 0.6) is 0 Å². The van der Waals surface area contributed by atoms with E-state index in [1.807, 2.05) is 0 Å². The number of hydrogen-bond acceptors (Lipinski definition) is 3. The van der Waals surface area contributed by atoms with E-state index in [4.69, 9.17) is 5.73 Å². The standard InChI is InChI=1S/C13H29NO2S/c1-3-4-5-6-7-8-9-10-11-17(15,16)12-13(2)14/h13H,3-12,14H2,1-2H3. The summed E-state index contributed by atoms with van der Waals surface area (Å²) in [5.41, 5.74) is 5.50. The number of nitrogens with two attached hydrogens (primary N) is 1. The summed E-state index contributed by atoms with van der Waals surface area (Å²) in [4.78, 5) is 0. The van der Waals surface area contributed by atoms with Crippen LogP contribution >= 0.6 is 0 Å². The first-order chi connectivity index (χ1) is 7.98. The van der Waals surface area contributed by atoms with E-state index in [2.05, 4.69) is 6.92 Å². The van der Waals surface area contributed by atoms with Gasteiger partial charge in [0.25, 0.3) is 0 Å². The van der Waals surface area contributed by atoms with Crippen LogP contribution in [0.2, 0.25) is 0 Å². The van der Waals surface area contributed by atoms with Crippen molar-refractivity contribution >= 4 is 9.84 Å². The van der Waals surface area contributed by atoms with E-state index in [0.717, 1.165) is 19.3 Å². The molecule has 4 heteroatoms. The average Bonchev–Trinajstić information content (AvgIpc) is 2.20. The highest BCUT2D eigenvalue weighted by Crippen LogP contribution is 2.09. The molecule has 0 aliphatic carbocycles. The molecule has 0 spiro atoms. The number of hydrogen-bond donors (Lipinski definition) is 1. The SMILES string of the molecule is CCCCCCCCCCS(=O)(=O)CC(C)N. The molecule has 3 nitrogen and oxygen atoms in total. The Morgan fingerprint density at radius 2 is 1.41 bits per heavy atom. The highest BCUT2D eigenvalue weighted by Gasteiger charge is 2.12. The maximum Gasteiger partial charge on any atom is 0.151 e. The molecule has 17 heavy (non-hydrogen) atoms. The monoisotopic (exact) mass is 263 g/mol. The molecule has 1 atom stereocenters. The first-order valence-electron chi connectivity index (χ1n) is 6.94. The Bertz CT molecular complexity index is 261. The van der Waals surface area contributed by atoms with Crippen LogP contribution in [0.25, 0.3) is 0 Å². The van der Waals surface area contributed by atoms with Gasteiger partial charge in [0.2, 0.25) is 0 Å². The van der Waals surface area contributed by atoms with E-state index >= 15 is 0 Å². The lowest BCUT2D eigenvalue weighted by molar-refractivity contribution is 0.570. The van der Waals surface area contributed by atoms with Crippen LogP contribution in [-0.2, 0) is 9.84 Å². The lowest BCUT2D eigenvalue weighted by atomic mass is 10.1. The third-order valence-corrected chi connectivity index (χ3v) is 4.77. The Morgan fingerprint density at radius 3 is 1.88 bits per heavy atom. The maximum atomic E-state index is 11.5. The fraction of sp³-hybridized carbons (Fsp3) is 1.00. The summed E-state index contributed by atoms with van der Waals surface area (Å²) in [5.74, 6) is 0.438. The minimum Gasteiger partial charge on any atom is -0.327 e. The molecule has 0 aliphatic rings. The van der Waals surface area contributed by atoms with Gasteiger partial charge in [0, 0.05) is 6.04 Å². The molecule has 0 fully saturated rings. The van der Waals surface area contributed by atoms with E-state index in [1.165, 1.54) is 32.1 Å². The van der Waals surface area contributed by atoms with Gasteiger partial charge in [-0.25, -0.2) is 8.42 Å². The van der Waals surface area contributed by atoms with Crippen LogP contribution in [0, 0.1) is 0 Å². The third-order valence-electron chi connectivity index (χ3n) is 2.83. The molecule has 0 heterocycles. The van der Waals surface area contributed by atoms with Gasteiger partial charge in [-0.05, 0) is 13.3 Å². The molecule has 0 saturated heterocycles. The lowest BCUT2D eigenvalue weighted by Gasteiger charge is -2.06. The normalized spacial score (nSPS) is 13.8. The molecular formula is C13H29NO2S. The minimum absolute atomic E-state index is 0.128. The van der Waals surface area contributed by atoms with Crippen molar-refractivity contribution in [2.75, 3.05) is 11.5 Å². The zero-order valence-electron chi connectivity index (χ0n) is 11.5. The van der Waals surface area contributed by atoms with E-state index in [1.54, 1.807) is 6.92 Å². The molecule has 104 valence electrons. The van der Waals surface area contributed by atoms with Crippen LogP contribution in [0.15, 0.2) is 0 Å². The van der Waals surface area contributed by atoms with Gasteiger partial charge in [-0.3, -0.25) is 0 Å². The Balaban J connectivity index is 3.39. The average molecular weight is 263 g/mol. The van der Waals surface area contributed by atoms with Crippen molar-refractivity contribution in [2.24, 2.45) is 5.73 Å². The maximum absolute atomic E-state index is 11.5. The van der Waals surface area contributed by atoms with Gasteiger partial charge in [-0.15, -0.1) is 0 Å². The smallest absolute Gasteiger partial charge is 0.151 e. The minimum atomic E-state index is -2.91. The second-order valence-electron chi connectivity index (χ2n) is 5.07. The van der Waals surface area contributed by atoms with Gasteiger partial charge >= 0.3 is 0 Å². The fourth-order valence-corrected chi connectivity index (χ4v) is 3.55. The summed E-state index contributed by atoms with van der Waals surface area (Å²) in [6.07, 6.45) is 9.44. The predicted molar refractivity (Wildman–Crippen MR) is 74.9 cm³/mol. The summed E-state index contributed by atoms with van der Waals surface area (Å²) in [6, 6.07) is -0.242. The molecule has 0 bridgehead atoms. The van der Waals surface area contributed by atoms with Crippen molar-refractivity contribution in [1.82, 2.24) is 0 Å². The highest BCUT2D eigenvalue weighted by atomic mass is 32.2. The molecule has 0 aromatic heterocycles. The summed E-state index contributed by atoms with van der Waals surface area (Å²) in [7, 11) is -2.91. The Morgan fingerprint density at radius 1 is 0.941 bits per heavy atom. The zero-order valence-corrected chi connectivity index (χ0v) is 12.3. The first kappa shape index (κ1) is 16.9. The summed E-state index contributed by atoms with van der Waals surface area (Å²) < 4.78 is 23.1. The van der Waals surface area contributed by atoms with Crippen molar-refractivity contribution in [2.45, 2.75) is 71.3 Å². The molecule has 1 unspecified atom stereocenters. The first-order valence-corrected chi connectivity index (χ1v) is 8.76. The largest absolute Gasteiger partial charge is 0.327 e. The van der Waals surface area contributed by atoms with Gasteiger partial charge in [-0.1, -0.05) is 51.9 Å². The van der Waals surface area contributed by atoms with E-state index in [9.17, 15) is 8.42 Å². The Kier molecular flexibility index (Phi) is 9.84. The number of unbranched alkanes of at least 4 members (excludes halogenated alkanes) is 7. The summed E-state index contributed by atoms with van der Waals surface area (Å²) in [6.45, 7) is 3.95. The lowest BCUT2D eigenvalue weighted by Crippen LogP contribution is -2.27. The third kappa shape index (κ3) is 12.2. The van der Waals surface area contributed by atoms with Crippen molar-refractivity contribution in [3.05, 3.63) is 0 Å². The molecule has 0 rings (SSSR count). The summed E-state index contributed by atoms with van der Waals surface area (Å²) in [5, 5.41) is 0. The van der Waals surface area contributed by atoms with Crippen molar-refractivity contribution in [3.63, 3.8) is 0 Å². The second-order valence-corrected chi connectivity index (χ2v) is 7.30. The highest BCUT2D eigenvalue weighted by molar-refractivity contribution is 7.91. The Hall–Kier alpha value is -0.0900.